The highest BCUT2D eigenvalue weighted by Gasteiger charge is 2.14. The summed E-state index contributed by atoms with van der Waals surface area (Å²) in [5.41, 5.74) is 2.79. The molecule has 0 heteroatoms. The molecule has 0 heterocycles. The van der Waals surface area contributed by atoms with E-state index in [-0.39, 0.29) is 0 Å². The van der Waals surface area contributed by atoms with Crippen LogP contribution in [0.15, 0.2) is 84.9 Å². The fourth-order valence-electron chi connectivity index (χ4n) is 3.69. The molecule has 24 heavy (non-hydrogen) atoms. The molecule has 0 N–H and O–H groups in total. The van der Waals surface area contributed by atoms with Gasteiger partial charge in [0.1, 0.15) is 0 Å². The van der Waals surface area contributed by atoms with Gasteiger partial charge in [-0.3, -0.25) is 0 Å². The molecule has 0 aliphatic carbocycles. The second-order valence-electron chi connectivity index (χ2n) is 6.40. The molecule has 4 aromatic carbocycles. The number of rotatable bonds is 4. The topological polar surface area (TPSA) is 0 Å². The van der Waals surface area contributed by atoms with Crippen molar-refractivity contribution in [1.82, 2.24) is 0 Å². The van der Waals surface area contributed by atoms with Gasteiger partial charge in [-0.1, -0.05) is 91.9 Å². The monoisotopic (exact) mass is 309 g/mol. The lowest BCUT2D eigenvalue weighted by Gasteiger charge is -2.18. The molecule has 0 saturated carbocycles. The maximum atomic E-state index is 4.23. The van der Waals surface area contributed by atoms with Gasteiger partial charge in [-0.05, 0) is 51.4 Å². The summed E-state index contributed by atoms with van der Waals surface area (Å²) in [7, 11) is 0. The summed E-state index contributed by atoms with van der Waals surface area (Å²) in [4.78, 5) is 0. The maximum Gasteiger partial charge on any atom is -0.0103 e. The third-order valence-electron chi connectivity index (χ3n) is 4.93. The second kappa shape index (κ2) is 6.49. The van der Waals surface area contributed by atoms with Crippen LogP contribution < -0.4 is 0 Å². The molecule has 0 aromatic heterocycles. The van der Waals surface area contributed by atoms with Crippen LogP contribution in [0, 0.1) is 6.92 Å². The highest BCUT2D eigenvalue weighted by molar-refractivity contribution is 6.08. The first kappa shape index (κ1) is 15.0. The van der Waals surface area contributed by atoms with Crippen molar-refractivity contribution in [2.75, 3.05) is 0 Å². The summed E-state index contributed by atoms with van der Waals surface area (Å²) in [6, 6.07) is 30.6. The van der Waals surface area contributed by atoms with Crippen LogP contribution in [-0.4, -0.2) is 0 Å². The van der Waals surface area contributed by atoms with Gasteiger partial charge in [0.25, 0.3) is 0 Å². The van der Waals surface area contributed by atoms with Gasteiger partial charge in [0, 0.05) is 0 Å². The van der Waals surface area contributed by atoms with Gasteiger partial charge >= 0.3 is 0 Å². The van der Waals surface area contributed by atoms with E-state index < -0.39 is 0 Å². The van der Waals surface area contributed by atoms with Gasteiger partial charge in [-0.25, -0.2) is 0 Å². The van der Waals surface area contributed by atoms with Crippen LogP contribution in [0.1, 0.15) is 23.5 Å². The second-order valence-corrected chi connectivity index (χ2v) is 6.40. The van der Waals surface area contributed by atoms with Crippen molar-refractivity contribution in [3.05, 3.63) is 103 Å². The highest BCUT2D eigenvalue weighted by atomic mass is 14.2. The van der Waals surface area contributed by atoms with Crippen molar-refractivity contribution < 1.29 is 0 Å². The first-order chi connectivity index (χ1) is 11.9. The summed E-state index contributed by atoms with van der Waals surface area (Å²) in [6.07, 6.45) is 1.94. The van der Waals surface area contributed by atoms with Crippen LogP contribution in [0.5, 0.6) is 0 Å². The fraction of sp³-hybridized carbons (Fsp3) is 0.125. The third kappa shape index (κ3) is 2.69. The molecule has 0 bridgehead atoms. The standard InChI is InChI=1S/C24H21/c1-2-19(17-18-9-4-3-5-10-18)21-13-8-14-23-22-12-7-6-11-20(22)15-16-24(21)23/h3-16,19H,1-2,17H2. The summed E-state index contributed by atoms with van der Waals surface area (Å²) in [5.74, 6) is 0.442. The Labute approximate surface area is 143 Å². The molecule has 1 radical (unpaired) electrons. The Bertz CT molecular complexity index is 967. The van der Waals surface area contributed by atoms with Gasteiger partial charge in [0.05, 0.1) is 0 Å². The number of fused-ring (bicyclic) bond motifs is 3. The lowest BCUT2D eigenvalue weighted by Crippen LogP contribution is -2.03. The van der Waals surface area contributed by atoms with E-state index in [4.69, 9.17) is 0 Å². The minimum Gasteiger partial charge on any atom is -0.0622 e. The Kier molecular flexibility index (Phi) is 4.04. The van der Waals surface area contributed by atoms with Gasteiger partial charge < -0.3 is 0 Å². The quantitative estimate of drug-likeness (QED) is 0.375. The van der Waals surface area contributed by atoms with E-state index in [1.807, 2.05) is 0 Å². The predicted octanol–water partition coefficient (Wildman–Crippen LogP) is 6.54. The van der Waals surface area contributed by atoms with E-state index in [1.165, 1.54) is 32.7 Å². The molecular formula is C24H21. The fourth-order valence-corrected chi connectivity index (χ4v) is 3.69. The minimum absolute atomic E-state index is 0.442. The van der Waals surface area contributed by atoms with Crippen molar-refractivity contribution in [2.24, 2.45) is 0 Å². The van der Waals surface area contributed by atoms with Gasteiger partial charge in [0.2, 0.25) is 0 Å². The van der Waals surface area contributed by atoms with Crippen LogP contribution in [-0.2, 0) is 6.42 Å². The smallest absolute Gasteiger partial charge is 0.0103 e. The number of hydrogen-bond acceptors (Lipinski definition) is 0. The molecule has 4 rings (SSSR count). The van der Waals surface area contributed by atoms with E-state index in [2.05, 4.69) is 91.9 Å². The lowest BCUT2D eigenvalue weighted by atomic mass is 9.86. The van der Waals surface area contributed by atoms with Crippen molar-refractivity contribution >= 4 is 21.5 Å². The molecule has 0 spiro atoms. The molecule has 0 fully saturated rings. The van der Waals surface area contributed by atoms with Crippen molar-refractivity contribution in [3.63, 3.8) is 0 Å². The molecule has 4 aromatic rings. The third-order valence-corrected chi connectivity index (χ3v) is 4.93. The Morgan fingerprint density at radius 2 is 1.38 bits per heavy atom. The number of benzene rings is 4. The minimum atomic E-state index is 0.442. The maximum absolute atomic E-state index is 4.23. The van der Waals surface area contributed by atoms with Crippen LogP contribution in [0.25, 0.3) is 21.5 Å². The van der Waals surface area contributed by atoms with Crippen LogP contribution in [0.2, 0.25) is 0 Å². The largest absolute Gasteiger partial charge is 0.0622 e. The Hall–Kier alpha value is -2.60. The van der Waals surface area contributed by atoms with Crippen LogP contribution in [0.4, 0.5) is 0 Å². The summed E-state index contributed by atoms with van der Waals surface area (Å²) >= 11 is 0. The normalized spacial score (nSPS) is 12.5. The first-order valence-corrected chi connectivity index (χ1v) is 8.60. The van der Waals surface area contributed by atoms with Gasteiger partial charge in [-0.15, -0.1) is 0 Å². The molecule has 0 nitrogen and oxygen atoms in total. The molecule has 1 unspecified atom stereocenters. The molecule has 0 amide bonds. The number of hydrogen-bond donors (Lipinski definition) is 0. The van der Waals surface area contributed by atoms with Gasteiger partial charge in [0.15, 0.2) is 0 Å². The Balaban J connectivity index is 1.84. The lowest BCUT2D eigenvalue weighted by molar-refractivity contribution is 0.699. The average Bonchev–Trinajstić information content (AvgIpc) is 2.66. The molecule has 0 saturated heterocycles. The first-order valence-electron chi connectivity index (χ1n) is 8.60. The molecule has 1 atom stereocenters. The average molecular weight is 309 g/mol. The Morgan fingerprint density at radius 3 is 2.21 bits per heavy atom. The van der Waals surface area contributed by atoms with E-state index in [1.54, 1.807) is 0 Å². The zero-order chi connectivity index (χ0) is 16.4. The van der Waals surface area contributed by atoms with Crippen LogP contribution in [0.3, 0.4) is 0 Å². The van der Waals surface area contributed by atoms with Crippen molar-refractivity contribution in [2.45, 2.75) is 18.8 Å². The summed E-state index contributed by atoms with van der Waals surface area (Å²) < 4.78 is 0. The van der Waals surface area contributed by atoms with E-state index in [0.717, 1.165) is 12.8 Å². The molecule has 117 valence electrons. The zero-order valence-corrected chi connectivity index (χ0v) is 13.8. The molecule has 0 aliphatic heterocycles. The van der Waals surface area contributed by atoms with Gasteiger partial charge in [-0.2, -0.15) is 0 Å². The van der Waals surface area contributed by atoms with Crippen LogP contribution >= 0.6 is 0 Å². The van der Waals surface area contributed by atoms with E-state index in [9.17, 15) is 0 Å². The zero-order valence-electron chi connectivity index (χ0n) is 13.8. The Morgan fingerprint density at radius 1 is 0.625 bits per heavy atom. The van der Waals surface area contributed by atoms with E-state index in [0.29, 0.717) is 5.92 Å². The summed E-state index contributed by atoms with van der Waals surface area (Å²) in [6.45, 7) is 4.23. The SMILES string of the molecule is [CH2]CC(Cc1ccccc1)c1cccc2c1ccc1ccccc12. The molecule has 0 aliphatic rings. The highest BCUT2D eigenvalue weighted by Crippen LogP contribution is 2.33. The van der Waals surface area contributed by atoms with Crippen molar-refractivity contribution in [3.8, 4) is 0 Å². The molecular weight excluding hydrogens is 288 g/mol. The predicted molar refractivity (Wildman–Crippen MR) is 104 cm³/mol. The summed E-state index contributed by atoms with van der Waals surface area (Å²) in [5, 5.41) is 5.34. The van der Waals surface area contributed by atoms with E-state index >= 15 is 0 Å². The van der Waals surface area contributed by atoms with Crippen molar-refractivity contribution in [1.29, 1.82) is 0 Å².